The van der Waals surface area contributed by atoms with Gasteiger partial charge < -0.3 is 5.73 Å². The first-order valence-electron chi connectivity index (χ1n) is 5.69. The van der Waals surface area contributed by atoms with E-state index in [-0.39, 0.29) is 0 Å². The highest BCUT2D eigenvalue weighted by Crippen LogP contribution is 2.24. The van der Waals surface area contributed by atoms with E-state index in [4.69, 9.17) is 5.73 Å². The normalized spacial score (nSPS) is 10.7. The monoisotopic (exact) mass is 236 g/mol. The van der Waals surface area contributed by atoms with Gasteiger partial charge in [-0.25, -0.2) is 9.97 Å². The second kappa shape index (κ2) is 4.07. The number of nitrogens with two attached hydrogens (primary N) is 1. The Hall–Kier alpha value is -2.49. The summed E-state index contributed by atoms with van der Waals surface area (Å²) in [7, 11) is 0. The lowest BCUT2D eigenvalue weighted by atomic mass is 10.2. The summed E-state index contributed by atoms with van der Waals surface area (Å²) >= 11 is 0. The molecule has 0 radical (unpaired) electrons. The number of hydrogen-bond donors (Lipinski definition) is 1. The fourth-order valence-corrected chi connectivity index (χ4v) is 1.83. The highest BCUT2D eigenvalue weighted by atomic mass is 14.9. The van der Waals surface area contributed by atoms with Crippen LogP contribution >= 0.6 is 0 Å². The van der Waals surface area contributed by atoms with Gasteiger partial charge in [0.1, 0.15) is 5.69 Å². The topological polar surface area (TPSA) is 64.7 Å². The van der Waals surface area contributed by atoms with Crippen molar-refractivity contribution in [2.45, 2.75) is 6.92 Å². The summed E-state index contributed by atoms with van der Waals surface area (Å²) in [4.78, 5) is 13.2. The maximum Gasteiger partial charge on any atom is 0.150 e. The largest absolute Gasteiger partial charge is 0.382 e. The molecule has 88 valence electrons. The number of nitrogens with zero attached hydrogens (tertiary/aromatic N) is 3. The minimum atomic E-state index is 0.430. The van der Waals surface area contributed by atoms with Crippen molar-refractivity contribution < 1.29 is 0 Å². The number of rotatable bonds is 1. The quantitative estimate of drug-likeness (QED) is 0.705. The van der Waals surface area contributed by atoms with E-state index in [1.807, 2.05) is 43.3 Å². The average molecular weight is 236 g/mol. The first kappa shape index (κ1) is 10.7. The molecule has 4 heteroatoms. The third-order valence-electron chi connectivity index (χ3n) is 2.78. The van der Waals surface area contributed by atoms with Crippen LogP contribution in [0.25, 0.3) is 22.3 Å². The molecule has 4 nitrogen and oxygen atoms in total. The van der Waals surface area contributed by atoms with E-state index in [2.05, 4.69) is 15.0 Å². The van der Waals surface area contributed by atoms with E-state index in [0.717, 1.165) is 22.3 Å². The van der Waals surface area contributed by atoms with Crippen LogP contribution in [-0.2, 0) is 0 Å². The molecule has 2 N–H and O–H groups in total. The summed E-state index contributed by atoms with van der Waals surface area (Å²) in [6.07, 6.45) is 1.77. The van der Waals surface area contributed by atoms with Crippen LogP contribution in [0.5, 0.6) is 0 Å². The Labute approximate surface area is 105 Å². The number of para-hydroxylation sites is 2. The molecule has 0 aliphatic carbocycles. The van der Waals surface area contributed by atoms with Gasteiger partial charge in [-0.1, -0.05) is 12.1 Å². The zero-order valence-electron chi connectivity index (χ0n) is 9.96. The molecule has 0 amide bonds. The molecule has 0 bridgehead atoms. The summed E-state index contributed by atoms with van der Waals surface area (Å²) in [5, 5.41) is 0. The second-order valence-corrected chi connectivity index (χ2v) is 4.13. The summed E-state index contributed by atoms with van der Waals surface area (Å²) in [6.45, 7) is 1.94. The van der Waals surface area contributed by atoms with E-state index in [1.165, 1.54) is 0 Å². The summed E-state index contributed by atoms with van der Waals surface area (Å²) in [5.41, 5.74) is 10.1. The molecule has 0 saturated carbocycles. The average Bonchev–Trinajstić information content (AvgIpc) is 2.39. The Morgan fingerprint density at radius 1 is 0.944 bits per heavy atom. The van der Waals surface area contributed by atoms with Crippen molar-refractivity contribution in [2.24, 2.45) is 0 Å². The third-order valence-corrected chi connectivity index (χ3v) is 2.78. The lowest BCUT2D eigenvalue weighted by Gasteiger charge is -2.06. The Kier molecular flexibility index (Phi) is 2.41. The van der Waals surface area contributed by atoms with Gasteiger partial charge in [-0.05, 0) is 31.2 Å². The van der Waals surface area contributed by atoms with Crippen molar-refractivity contribution in [2.75, 3.05) is 5.73 Å². The number of anilines is 1. The first-order chi connectivity index (χ1) is 8.74. The lowest BCUT2D eigenvalue weighted by molar-refractivity contribution is 1.19. The predicted molar refractivity (Wildman–Crippen MR) is 71.9 cm³/mol. The minimum Gasteiger partial charge on any atom is -0.382 e. The first-order valence-corrected chi connectivity index (χ1v) is 5.69. The molecule has 0 atom stereocenters. The van der Waals surface area contributed by atoms with Crippen LogP contribution in [0.3, 0.4) is 0 Å². The number of fused-ring (bicyclic) bond motifs is 1. The van der Waals surface area contributed by atoms with Crippen LogP contribution < -0.4 is 5.73 Å². The molecule has 2 heterocycles. The van der Waals surface area contributed by atoms with E-state index in [0.29, 0.717) is 11.5 Å². The van der Waals surface area contributed by atoms with Crippen molar-refractivity contribution in [3.63, 3.8) is 0 Å². The maximum absolute atomic E-state index is 5.96. The molecule has 0 aliphatic heterocycles. The SMILES string of the molecule is Cc1ccc(-c2nc3ccccc3nc2N)cn1. The summed E-state index contributed by atoms with van der Waals surface area (Å²) in [5.74, 6) is 0.430. The van der Waals surface area contributed by atoms with Gasteiger partial charge >= 0.3 is 0 Å². The number of pyridine rings is 1. The summed E-state index contributed by atoms with van der Waals surface area (Å²) < 4.78 is 0. The van der Waals surface area contributed by atoms with Gasteiger partial charge in [0, 0.05) is 17.5 Å². The van der Waals surface area contributed by atoms with E-state index < -0.39 is 0 Å². The zero-order chi connectivity index (χ0) is 12.5. The van der Waals surface area contributed by atoms with Crippen LogP contribution in [0.2, 0.25) is 0 Å². The highest BCUT2D eigenvalue weighted by molar-refractivity contribution is 5.82. The number of aromatic nitrogens is 3. The number of nitrogen functional groups attached to an aromatic ring is 1. The van der Waals surface area contributed by atoms with Crippen LogP contribution in [0.4, 0.5) is 5.82 Å². The molecular formula is C14H12N4. The van der Waals surface area contributed by atoms with Crippen molar-refractivity contribution in [1.29, 1.82) is 0 Å². The number of hydrogen-bond acceptors (Lipinski definition) is 4. The van der Waals surface area contributed by atoms with Crippen LogP contribution in [0.15, 0.2) is 42.6 Å². The number of benzene rings is 1. The van der Waals surface area contributed by atoms with Gasteiger partial charge in [-0.2, -0.15) is 0 Å². The molecule has 1 aromatic carbocycles. The standard InChI is InChI=1S/C14H12N4/c1-9-6-7-10(8-16-9)13-14(15)18-12-5-3-2-4-11(12)17-13/h2-8H,1H3,(H2,15,18). The molecule has 0 fully saturated rings. The van der Waals surface area contributed by atoms with Crippen LogP contribution in [0.1, 0.15) is 5.69 Å². The van der Waals surface area contributed by atoms with Crippen molar-refractivity contribution in [3.05, 3.63) is 48.3 Å². The van der Waals surface area contributed by atoms with Gasteiger partial charge in [-0.15, -0.1) is 0 Å². The predicted octanol–water partition coefficient (Wildman–Crippen LogP) is 2.58. The Morgan fingerprint density at radius 3 is 2.33 bits per heavy atom. The van der Waals surface area contributed by atoms with Crippen LogP contribution in [-0.4, -0.2) is 15.0 Å². The van der Waals surface area contributed by atoms with Gasteiger partial charge in [0.2, 0.25) is 0 Å². The molecule has 0 spiro atoms. The molecular weight excluding hydrogens is 224 g/mol. The molecule has 3 rings (SSSR count). The fourth-order valence-electron chi connectivity index (χ4n) is 1.83. The molecule has 0 aliphatic rings. The minimum absolute atomic E-state index is 0.430. The van der Waals surface area contributed by atoms with E-state index >= 15 is 0 Å². The molecule has 2 aromatic heterocycles. The van der Waals surface area contributed by atoms with Gasteiger partial charge in [0.05, 0.1) is 11.0 Å². The zero-order valence-corrected chi connectivity index (χ0v) is 9.96. The Morgan fingerprint density at radius 2 is 1.67 bits per heavy atom. The van der Waals surface area contributed by atoms with Crippen molar-refractivity contribution >= 4 is 16.9 Å². The Balaban J connectivity index is 2.22. The van der Waals surface area contributed by atoms with E-state index in [9.17, 15) is 0 Å². The molecule has 0 unspecified atom stereocenters. The summed E-state index contributed by atoms with van der Waals surface area (Å²) in [6, 6.07) is 11.6. The highest BCUT2D eigenvalue weighted by Gasteiger charge is 2.08. The van der Waals surface area contributed by atoms with Gasteiger partial charge in [0.15, 0.2) is 5.82 Å². The lowest BCUT2D eigenvalue weighted by Crippen LogP contribution is -1.98. The van der Waals surface area contributed by atoms with E-state index in [1.54, 1.807) is 6.20 Å². The maximum atomic E-state index is 5.96. The smallest absolute Gasteiger partial charge is 0.150 e. The van der Waals surface area contributed by atoms with Gasteiger partial charge in [0.25, 0.3) is 0 Å². The third kappa shape index (κ3) is 1.78. The van der Waals surface area contributed by atoms with Crippen molar-refractivity contribution in [1.82, 2.24) is 15.0 Å². The molecule has 3 aromatic rings. The fraction of sp³-hybridized carbons (Fsp3) is 0.0714. The van der Waals surface area contributed by atoms with Crippen LogP contribution in [0, 0.1) is 6.92 Å². The molecule has 18 heavy (non-hydrogen) atoms. The van der Waals surface area contributed by atoms with Gasteiger partial charge in [-0.3, -0.25) is 4.98 Å². The molecule has 0 saturated heterocycles. The second-order valence-electron chi connectivity index (χ2n) is 4.13. The number of aryl methyl sites for hydroxylation is 1. The Bertz CT molecular complexity index is 705. The van der Waals surface area contributed by atoms with Crippen molar-refractivity contribution in [3.8, 4) is 11.3 Å².